The number of benzene rings is 1. The van der Waals surface area contributed by atoms with E-state index in [1.54, 1.807) is 0 Å². The van der Waals surface area contributed by atoms with Crippen LogP contribution in [-0.4, -0.2) is 32.6 Å². The SMILES string of the molecule is O=S(=O)(c1ncn[nH]1)n1cnc(-c2ccccc2)c1. The molecular weight excluding hydrogens is 266 g/mol. The molecule has 0 atom stereocenters. The van der Waals surface area contributed by atoms with Crippen LogP contribution in [0.4, 0.5) is 0 Å². The average Bonchev–Trinajstić information content (AvgIpc) is 3.12. The first kappa shape index (κ1) is 11.6. The monoisotopic (exact) mass is 275 g/mol. The van der Waals surface area contributed by atoms with Crippen LogP contribution in [0.3, 0.4) is 0 Å². The molecule has 7 nitrogen and oxygen atoms in total. The van der Waals surface area contributed by atoms with Crippen molar-refractivity contribution in [1.82, 2.24) is 24.1 Å². The largest absolute Gasteiger partial charge is 0.304 e. The maximum absolute atomic E-state index is 12.1. The Kier molecular flexibility index (Phi) is 2.64. The van der Waals surface area contributed by atoms with E-state index in [4.69, 9.17) is 0 Å². The van der Waals surface area contributed by atoms with Crippen molar-refractivity contribution >= 4 is 10.0 Å². The van der Waals surface area contributed by atoms with E-state index in [0.717, 1.165) is 15.9 Å². The van der Waals surface area contributed by atoms with Gasteiger partial charge in [0.1, 0.15) is 12.7 Å². The number of imidazole rings is 1. The minimum Gasteiger partial charge on any atom is -0.248 e. The second-order valence-electron chi connectivity index (χ2n) is 3.75. The molecule has 2 aromatic heterocycles. The summed E-state index contributed by atoms with van der Waals surface area (Å²) in [6.45, 7) is 0. The minimum atomic E-state index is -3.76. The Morgan fingerprint density at radius 1 is 1.11 bits per heavy atom. The van der Waals surface area contributed by atoms with Crippen LogP contribution in [-0.2, 0) is 10.0 Å². The van der Waals surface area contributed by atoms with Gasteiger partial charge in [-0.1, -0.05) is 30.3 Å². The molecule has 1 aromatic carbocycles. The highest BCUT2D eigenvalue weighted by molar-refractivity contribution is 7.89. The molecule has 0 spiro atoms. The standard InChI is InChI=1S/C11H9N5O2S/c17-19(18,11-12-7-14-15-11)16-6-10(13-8-16)9-4-2-1-3-5-9/h1-8H,(H,12,14,15). The third-order valence-corrected chi connectivity index (χ3v) is 3.98. The van der Waals surface area contributed by atoms with E-state index in [2.05, 4.69) is 20.2 Å². The Morgan fingerprint density at radius 3 is 2.58 bits per heavy atom. The van der Waals surface area contributed by atoms with Gasteiger partial charge in [0.25, 0.3) is 5.16 Å². The molecule has 3 aromatic rings. The number of hydrogen-bond donors (Lipinski definition) is 1. The van der Waals surface area contributed by atoms with Gasteiger partial charge in [-0.05, 0) is 0 Å². The predicted molar refractivity (Wildman–Crippen MR) is 66.6 cm³/mol. The summed E-state index contributed by atoms with van der Waals surface area (Å²) in [5.74, 6) is 0. The van der Waals surface area contributed by atoms with E-state index in [-0.39, 0.29) is 5.16 Å². The maximum atomic E-state index is 12.1. The van der Waals surface area contributed by atoms with Crippen molar-refractivity contribution in [1.29, 1.82) is 0 Å². The molecule has 0 fully saturated rings. The predicted octanol–water partition coefficient (Wildman–Crippen LogP) is 0.905. The molecule has 1 N–H and O–H groups in total. The van der Waals surface area contributed by atoms with Crippen molar-refractivity contribution < 1.29 is 8.42 Å². The van der Waals surface area contributed by atoms with Crippen LogP contribution in [0, 0.1) is 0 Å². The fraction of sp³-hybridized carbons (Fsp3) is 0. The van der Waals surface area contributed by atoms with Gasteiger partial charge in [-0.25, -0.2) is 19.0 Å². The van der Waals surface area contributed by atoms with E-state index >= 15 is 0 Å². The maximum Gasteiger partial charge on any atom is 0.304 e. The lowest BCUT2D eigenvalue weighted by Crippen LogP contribution is -2.12. The summed E-state index contributed by atoms with van der Waals surface area (Å²) >= 11 is 0. The first-order valence-electron chi connectivity index (χ1n) is 5.38. The van der Waals surface area contributed by atoms with Gasteiger partial charge in [-0.2, -0.15) is 13.5 Å². The van der Waals surface area contributed by atoms with Gasteiger partial charge in [-0.3, -0.25) is 0 Å². The molecule has 0 amide bonds. The van der Waals surface area contributed by atoms with Gasteiger partial charge in [0, 0.05) is 11.8 Å². The van der Waals surface area contributed by atoms with Gasteiger partial charge >= 0.3 is 10.0 Å². The van der Waals surface area contributed by atoms with Crippen molar-refractivity contribution in [2.75, 3.05) is 0 Å². The quantitative estimate of drug-likeness (QED) is 0.766. The third kappa shape index (κ3) is 2.02. The molecule has 3 rings (SSSR count). The van der Waals surface area contributed by atoms with E-state index in [9.17, 15) is 8.42 Å². The average molecular weight is 275 g/mol. The Hall–Kier alpha value is -2.48. The number of nitrogens with zero attached hydrogens (tertiary/aromatic N) is 4. The van der Waals surface area contributed by atoms with Crippen molar-refractivity contribution in [3.8, 4) is 11.3 Å². The van der Waals surface area contributed by atoms with E-state index in [1.807, 2.05) is 30.3 Å². The van der Waals surface area contributed by atoms with Crippen LogP contribution in [0.25, 0.3) is 11.3 Å². The first-order chi connectivity index (χ1) is 9.18. The molecular formula is C11H9N5O2S. The summed E-state index contributed by atoms with van der Waals surface area (Å²) in [4.78, 5) is 7.73. The molecule has 0 unspecified atom stereocenters. The van der Waals surface area contributed by atoms with Crippen LogP contribution in [0.1, 0.15) is 0 Å². The zero-order valence-corrected chi connectivity index (χ0v) is 10.4. The number of aromatic nitrogens is 5. The van der Waals surface area contributed by atoms with Gasteiger partial charge in [0.15, 0.2) is 0 Å². The number of rotatable bonds is 3. The molecule has 0 bridgehead atoms. The molecule has 0 saturated carbocycles. The first-order valence-corrected chi connectivity index (χ1v) is 6.82. The number of hydrogen-bond acceptors (Lipinski definition) is 5. The minimum absolute atomic E-state index is 0.218. The number of aromatic amines is 1. The Labute approximate surface area is 109 Å². The molecule has 0 aliphatic rings. The highest BCUT2D eigenvalue weighted by Crippen LogP contribution is 2.18. The van der Waals surface area contributed by atoms with Crippen molar-refractivity contribution in [3.05, 3.63) is 49.2 Å². The summed E-state index contributed by atoms with van der Waals surface area (Å²) in [6.07, 6.45) is 3.81. The molecule has 96 valence electrons. The summed E-state index contributed by atoms with van der Waals surface area (Å²) in [7, 11) is -3.76. The number of nitrogens with one attached hydrogen (secondary N) is 1. The highest BCUT2D eigenvalue weighted by atomic mass is 32.2. The van der Waals surface area contributed by atoms with E-state index < -0.39 is 10.0 Å². The molecule has 19 heavy (non-hydrogen) atoms. The second-order valence-corrected chi connectivity index (χ2v) is 5.51. The summed E-state index contributed by atoms with van der Waals surface area (Å²) in [5.41, 5.74) is 1.41. The summed E-state index contributed by atoms with van der Waals surface area (Å²) < 4.78 is 25.3. The summed E-state index contributed by atoms with van der Waals surface area (Å²) in [6, 6.07) is 9.31. The highest BCUT2D eigenvalue weighted by Gasteiger charge is 2.20. The lowest BCUT2D eigenvalue weighted by atomic mass is 10.2. The lowest BCUT2D eigenvalue weighted by Gasteiger charge is -1.99. The van der Waals surface area contributed by atoms with Crippen molar-refractivity contribution in [3.63, 3.8) is 0 Å². The van der Waals surface area contributed by atoms with E-state index in [0.29, 0.717) is 5.69 Å². The van der Waals surface area contributed by atoms with Gasteiger partial charge in [0.05, 0.1) is 5.69 Å². The van der Waals surface area contributed by atoms with Gasteiger partial charge in [0.2, 0.25) is 0 Å². The second kappa shape index (κ2) is 4.32. The normalized spacial score (nSPS) is 11.6. The van der Waals surface area contributed by atoms with Gasteiger partial charge in [-0.15, -0.1) is 0 Å². The van der Waals surface area contributed by atoms with Crippen molar-refractivity contribution in [2.24, 2.45) is 0 Å². The lowest BCUT2D eigenvalue weighted by molar-refractivity contribution is 0.578. The number of H-pyrrole nitrogens is 1. The fourth-order valence-corrected chi connectivity index (χ4v) is 2.57. The zero-order chi connectivity index (χ0) is 13.3. The Balaban J connectivity index is 2.03. The Morgan fingerprint density at radius 2 is 1.89 bits per heavy atom. The van der Waals surface area contributed by atoms with Crippen LogP contribution in [0.5, 0.6) is 0 Å². The van der Waals surface area contributed by atoms with Crippen LogP contribution in [0.2, 0.25) is 0 Å². The topological polar surface area (TPSA) is 93.5 Å². The molecule has 0 aliphatic heterocycles. The molecule has 0 saturated heterocycles. The fourth-order valence-electron chi connectivity index (χ4n) is 1.61. The van der Waals surface area contributed by atoms with Crippen molar-refractivity contribution in [2.45, 2.75) is 5.16 Å². The Bertz CT molecular complexity index is 778. The zero-order valence-electron chi connectivity index (χ0n) is 9.63. The van der Waals surface area contributed by atoms with Gasteiger partial charge < -0.3 is 0 Å². The molecule has 8 heteroatoms. The van der Waals surface area contributed by atoms with Crippen LogP contribution in [0.15, 0.2) is 54.3 Å². The molecule has 0 radical (unpaired) electrons. The molecule has 2 heterocycles. The van der Waals surface area contributed by atoms with Crippen LogP contribution >= 0.6 is 0 Å². The van der Waals surface area contributed by atoms with Crippen LogP contribution < -0.4 is 0 Å². The smallest absolute Gasteiger partial charge is 0.248 e. The third-order valence-electron chi connectivity index (χ3n) is 2.54. The van der Waals surface area contributed by atoms with E-state index in [1.165, 1.54) is 12.5 Å². The summed E-state index contributed by atoms with van der Waals surface area (Å²) in [5, 5.41) is 5.64. The molecule has 0 aliphatic carbocycles.